The highest BCUT2D eigenvalue weighted by molar-refractivity contribution is 6.00. The van der Waals surface area contributed by atoms with Crippen LogP contribution in [0, 0.1) is 5.41 Å². The zero-order valence-corrected chi connectivity index (χ0v) is 6.25. The average molecular weight is 150 g/mol. The van der Waals surface area contributed by atoms with E-state index in [1.54, 1.807) is 12.2 Å². The van der Waals surface area contributed by atoms with Gasteiger partial charge in [-0.25, -0.2) is 0 Å². The second kappa shape index (κ2) is 2.31. The molecule has 0 radical (unpaired) electrons. The number of hydrogen-bond acceptors (Lipinski definition) is 2. The van der Waals surface area contributed by atoms with Crippen molar-refractivity contribution in [3.05, 3.63) is 24.3 Å². The number of rotatable bonds is 0. The third-order valence-electron chi connectivity index (χ3n) is 2.24. The maximum Gasteiger partial charge on any atom is 0.178 e. The van der Waals surface area contributed by atoms with Crippen LogP contribution in [0.15, 0.2) is 24.3 Å². The van der Waals surface area contributed by atoms with Crippen LogP contribution in [-0.2, 0) is 9.53 Å². The Morgan fingerprint density at radius 2 is 2.09 bits per heavy atom. The molecule has 0 saturated carbocycles. The van der Waals surface area contributed by atoms with Gasteiger partial charge in [-0.15, -0.1) is 0 Å². The van der Waals surface area contributed by atoms with Crippen molar-refractivity contribution in [3.63, 3.8) is 0 Å². The van der Waals surface area contributed by atoms with E-state index in [-0.39, 0.29) is 11.2 Å². The Balaban J connectivity index is 2.22. The van der Waals surface area contributed by atoms with E-state index in [4.69, 9.17) is 4.74 Å². The number of carbonyl (C=O) groups is 1. The normalized spacial score (nSPS) is 26.7. The zero-order chi connectivity index (χ0) is 7.73. The van der Waals surface area contributed by atoms with E-state index in [0.717, 1.165) is 19.6 Å². The smallest absolute Gasteiger partial charge is 0.178 e. The largest absolute Gasteiger partial charge is 0.380 e. The minimum Gasteiger partial charge on any atom is -0.380 e. The fourth-order valence-electron chi connectivity index (χ4n) is 1.47. The van der Waals surface area contributed by atoms with Crippen molar-refractivity contribution in [1.82, 2.24) is 0 Å². The second-order valence-corrected chi connectivity index (χ2v) is 3.10. The first-order valence-electron chi connectivity index (χ1n) is 3.81. The van der Waals surface area contributed by atoms with Crippen molar-refractivity contribution in [2.75, 3.05) is 13.2 Å². The number of hydrogen-bond donors (Lipinski definition) is 0. The molecule has 0 amide bonds. The Morgan fingerprint density at radius 3 is 2.64 bits per heavy atom. The predicted octanol–water partition coefficient (Wildman–Crippen LogP) is 1.09. The highest BCUT2D eigenvalue weighted by Crippen LogP contribution is 2.33. The first-order chi connectivity index (χ1) is 5.31. The van der Waals surface area contributed by atoms with Crippen molar-refractivity contribution >= 4 is 5.78 Å². The third kappa shape index (κ3) is 1.14. The molecule has 1 heterocycles. The molecule has 0 N–H and O–H groups in total. The van der Waals surface area contributed by atoms with Crippen LogP contribution in [0.5, 0.6) is 0 Å². The molecule has 0 atom stereocenters. The number of ether oxygens (including phenoxy) is 1. The summed E-state index contributed by atoms with van der Waals surface area (Å²) in [6, 6.07) is 0. The van der Waals surface area contributed by atoms with Gasteiger partial charge < -0.3 is 4.74 Å². The standard InChI is InChI=1S/C9H10O2/c10-8-1-3-9(4-2-8)5-6-11-7-9/h1-4H,5-7H2. The van der Waals surface area contributed by atoms with Gasteiger partial charge in [-0.3, -0.25) is 4.79 Å². The average Bonchev–Trinajstić information content (AvgIpc) is 2.45. The number of ketones is 1. The molecule has 2 rings (SSSR count). The molecule has 58 valence electrons. The van der Waals surface area contributed by atoms with Crippen LogP contribution in [0.1, 0.15) is 6.42 Å². The van der Waals surface area contributed by atoms with E-state index in [2.05, 4.69) is 0 Å². The highest BCUT2D eigenvalue weighted by Gasteiger charge is 2.31. The highest BCUT2D eigenvalue weighted by atomic mass is 16.5. The van der Waals surface area contributed by atoms with E-state index in [9.17, 15) is 4.79 Å². The van der Waals surface area contributed by atoms with Crippen molar-refractivity contribution < 1.29 is 9.53 Å². The molecule has 0 unspecified atom stereocenters. The van der Waals surface area contributed by atoms with Gasteiger partial charge in [0.05, 0.1) is 6.61 Å². The van der Waals surface area contributed by atoms with Gasteiger partial charge >= 0.3 is 0 Å². The molecule has 2 heteroatoms. The van der Waals surface area contributed by atoms with Crippen LogP contribution < -0.4 is 0 Å². The summed E-state index contributed by atoms with van der Waals surface area (Å²) in [5, 5.41) is 0. The Hall–Kier alpha value is -0.890. The first-order valence-corrected chi connectivity index (χ1v) is 3.81. The SMILES string of the molecule is O=C1C=CC2(C=C1)CCOC2. The fraction of sp³-hybridized carbons (Fsp3) is 0.444. The predicted molar refractivity (Wildman–Crippen MR) is 41.2 cm³/mol. The second-order valence-electron chi connectivity index (χ2n) is 3.10. The van der Waals surface area contributed by atoms with Crippen LogP contribution in [0.3, 0.4) is 0 Å². The number of allylic oxidation sites excluding steroid dienone is 2. The number of carbonyl (C=O) groups excluding carboxylic acids is 1. The van der Waals surface area contributed by atoms with E-state index >= 15 is 0 Å². The minimum absolute atomic E-state index is 0.0495. The molecule has 2 aliphatic rings. The lowest BCUT2D eigenvalue weighted by molar-refractivity contribution is -0.110. The van der Waals surface area contributed by atoms with E-state index in [1.165, 1.54) is 0 Å². The molecule has 0 aromatic carbocycles. The summed E-state index contributed by atoms with van der Waals surface area (Å²) in [5.74, 6) is 0.0857. The Morgan fingerprint density at radius 1 is 1.36 bits per heavy atom. The lowest BCUT2D eigenvalue weighted by Gasteiger charge is -2.19. The summed E-state index contributed by atoms with van der Waals surface area (Å²) in [7, 11) is 0. The zero-order valence-electron chi connectivity index (χ0n) is 6.25. The van der Waals surface area contributed by atoms with Gasteiger partial charge in [0.25, 0.3) is 0 Å². The van der Waals surface area contributed by atoms with Gasteiger partial charge in [-0.2, -0.15) is 0 Å². The summed E-state index contributed by atoms with van der Waals surface area (Å²) in [5.41, 5.74) is 0.0495. The van der Waals surface area contributed by atoms with Gasteiger partial charge in [0.1, 0.15) is 0 Å². The minimum atomic E-state index is 0.0495. The molecule has 1 aliphatic carbocycles. The van der Waals surface area contributed by atoms with Crippen molar-refractivity contribution in [2.24, 2.45) is 5.41 Å². The van der Waals surface area contributed by atoms with Crippen molar-refractivity contribution in [2.45, 2.75) is 6.42 Å². The summed E-state index contributed by atoms with van der Waals surface area (Å²) >= 11 is 0. The molecule has 0 aromatic rings. The van der Waals surface area contributed by atoms with Crippen molar-refractivity contribution in [3.8, 4) is 0 Å². The summed E-state index contributed by atoms with van der Waals surface area (Å²) < 4.78 is 5.26. The molecule has 1 spiro atoms. The maximum absolute atomic E-state index is 10.8. The van der Waals surface area contributed by atoms with Crippen LogP contribution in [-0.4, -0.2) is 19.0 Å². The lowest BCUT2D eigenvalue weighted by Crippen LogP contribution is -2.17. The van der Waals surface area contributed by atoms with E-state index in [0.29, 0.717) is 0 Å². The van der Waals surface area contributed by atoms with Crippen LogP contribution in [0.2, 0.25) is 0 Å². The molecule has 1 fully saturated rings. The van der Waals surface area contributed by atoms with Gasteiger partial charge in [-0.1, -0.05) is 12.2 Å². The van der Waals surface area contributed by atoms with Crippen LogP contribution in [0.25, 0.3) is 0 Å². The lowest BCUT2D eigenvalue weighted by atomic mass is 9.83. The van der Waals surface area contributed by atoms with Gasteiger partial charge in [0.2, 0.25) is 0 Å². The van der Waals surface area contributed by atoms with E-state index < -0.39 is 0 Å². The molecular formula is C9H10O2. The summed E-state index contributed by atoms with van der Waals surface area (Å²) in [6.45, 7) is 1.54. The van der Waals surface area contributed by atoms with Crippen LogP contribution in [0.4, 0.5) is 0 Å². The molecular weight excluding hydrogens is 140 g/mol. The van der Waals surface area contributed by atoms with Gasteiger partial charge in [0.15, 0.2) is 5.78 Å². The molecule has 11 heavy (non-hydrogen) atoms. The molecule has 0 aromatic heterocycles. The molecule has 1 aliphatic heterocycles. The Bertz CT molecular complexity index is 214. The fourth-order valence-corrected chi connectivity index (χ4v) is 1.47. The maximum atomic E-state index is 10.8. The summed E-state index contributed by atoms with van der Waals surface area (Å²) in [4.78, 5) is 10.8. The quantitative estimate of drug-likeness (QED) is 0.516. The van der Waals surface area contributed by atoms with Gasteiger partial charge in [0, 0.05) is 12.0 Å². The topological polar surface area (TPSA) is 26.3 Å². The monoisotopic (exact) mass is 150 g/mol. The molecule has 0 bridgehead atoms. The molecule has 1 saturated heterocycles. The Kier molecular flexibility index (Phi) is 1.43. The summed E-state index contributed by atoms with van der Waals surface area (Å²) in [6.07, 6.45) is 8.20. The van der Waals surface area contributed by atoms with Gasteiger partial charge in [-0.05, 0) is 18.6 Å². The molecule has 2 nitrogen and oxygen atoms in total. The van der Waals surface area contributed by atoms with Crippen LogP contribution >= 0.6 is 0 Å². The van der Waals surface area contributed by atoms with E-state index in [1.807, 2.05) is 12.2 Å². The Labute approximate surface area is 65.5 Å². The first kappa shape index (κ1) is 6.80. The third-order valence-corrected chi connectivity index (χ3v) is 2.24. The van der Waals surface area contributed by atoms with Crippen molar-refractivity contribution in [1.29, 1.82) is 0 Å².